The molecule has 5 rings (SSSR count). The molecule has 2 fully saturated rings. The molecular weight excluding hydrogens is 525 g/mol. The van der Waals surface area contributed by atoms with E-state index in [0.717, 1.165) is 6.07 Å². The average molecular weight is 556 g/mol. The summed E-state index contributed by atoms with van der Waals surface area (Å²) in [7, 11) is 0. The summed E-state index contributed by atoms with van der Waals surface area (Å²) in [6, 6.07) is 7.34. The van der Waals surface area contributed by atoms with Crippen molar-refractivity contribution in [3.63, 3.8) is 0 Å². The van der Waals surface area contributed by atoms with Gasteiger partial charge in [-0.25, -0.2) is 4.98 Å². The van der Waals surface area contributed by atoms with Crippen LogP contribution in [0.4, 0.5) is 22.0 Å². The fraction of sp³-hybridized carbons (Fsp3) is 0.519. The lowest BCUT2D eigenvalue weighted by Crippen LogP contribution is -2.53. The number of nitrogens with one attached hydrogen (secondary N) is 1. The van der Waals surface area contributed by atoms with Crippen molar-refractivity contribution in [3.05, 3.63) is 53.9 Å². The number of benzene rings is 2. The molecule has 39 heavy (non-hydrogen) atoms. The van der Waals surface area contributed by atoms with E-state index in [2.05, 4.69) is 15.0 Å². The molecule has 212 valence electrons. The number of imidazole rings is 1. The van der Waals surface area contributed by atoms with Crippen molar-refractivity contribution >= 4 is 11.0 Å². The van der Waals surface area contributed by atoms with Gasteiger partial charge in [-0.05, 0) is 63.3 Å². The van der Waals surface area contributed by atoms with Crippen LogP contribution in [-0.2, 0) is 11.8 Å². The van der Waals surface area contributed by atoms with Gasteiger partial charge in [-0.2, -0.15) is 22.0 Å². The van der Waals surface area contributed by atoms with E-state index in [1.165, 1.54) is 35.2 Å². The molecule has 12 heteroatoms. The lowest BCUT2D eigenvalue weighted by atomic mass is 9.77. The SMILES string of the molecule is CC1CC(O)(c2cccc(OC(F)F)c2)CC(COc2cc(C(F)(F)F)c3c(c2)ncn3C2CC(C)(O)C2)N1. The van der Waals surface area contributed by atoms with Gasteiger partial charge < -0.3 is 29.6 Å². The third-order valence-corrected chi connectivity index (χ3v) is 7.49. The maximum Gasteiger partial charge on any atom is 0.418 e. The fourth-order valence-corrected chi connectivity index (χ4v) is 5.89. The van der Waals surface area contributed by atoms with Crippen LogP contribution in [0.2, 0.25) is 0 Å². The number of rotatable bonds is 7. The molecule has 1 saturated heterocycles. The van der Waals surface area contributed by atoms with Crippen molar-refractivity contribution in [1.29, 1.82) is 0 Å². The predicted molar refractivity (Wildman–Crippen MR) is 132 cm³/mol. The molecule has 2 heterocycles. The summed E-state index contributed by atoms with van der Waals surface area (Å²) in [4.78, 5) is 4.18. The zero-order valence-corrected chi connectivity index (χ0v) is 21.4. The maximum absolute atomic E-state index is 14.1. The quantitative estimate of drug-likeness (QED) is 0.350. The minimum atomic E-state index is -4.66. The Labute approximate surface area is 221 Å². The minimum absolute atomic E-state index is 0.0171. The van der Waals surface area contributed by atoms with E-state index < -0.39 is 35.6 Å². The van der Waals surface area contributed by atoms with Gasteiger partial charge in [0.25, 0.3) is 0 Å². The van der Waals surface area contributed by atoms with Crippen molar-refractivity contribution in [2.75, 3.05) is 6.61 Å². The first-order valence-electron chi connectivity index (χ1n) is 12.7. The monoisotopic (exact) mass is 555 g/mol. The van der Waals surface area contributed by atoms with Gasteiger partial charge in [0, 0.05) is 24.2 Å². The smallest absolute Gasteiger partial charge is 0.418 e. The van der Waals surface area contributed by atoms with Crippen molar-refractivity contribution in [2.45, 2.75) is 81.6 Å². The lowest BCUT2D eigenvalue weighted by Gasteiger charge is -2.42. The highest BCUT2D eigenvalue weighted by Crippen LogP contribution is 2.45. The Morgan fingerprint density at radius 1 is 1.10 bits per heavy atom. The number of ether oxygens (including phenoxy) is 2. The number of nitrogens with zero attached hydrogens (tertiary/aromatic N) is 2. The van der Waals surface area contributed by atoms with Crippen LogP contribution in [0.15, 0.2) is 42.7 Å². The second kappa shape index (κ2) is 9.90. The topological polar surface area (TPSA) is 88.8 Å². The van der Waals surface area contributed by atoms with Gasteiger partial charge in [-0.1, -0.05) is 12.1 Å². The summed E-state index contributed by atoms with van der Waals surface area (Å²) in [5.41, 5.74) is -2.70. The van der Waals surface area contributed by atoms with Crippen LogP contribution in [0.25, 0.3) is 11.0 Å². The molecule has 0 amide bonds. The first kappa shape index (κ1) is 27.6. The zero-order valence-electron chi connectivity index (χ0n) is 21.4. The predicted octanol–water partition coefficient (Wildman–Crippen LogP) is 5.15. The zero-order chi connectivity index (χ0) is 28.2. The lowest BCUT2D eigenvalue weighted by molar-refractivity contribution is -0.136. The molecule has 1 aromatic heterocycles. The van der Waals surface area contributed by atoms with Gasteiger partial charge in [0.05, 0.1) is 34.1 Å². The Hall–Kier alpha value is -2.96. The summed E-state index contributed by atoms with van der Waals surface area (Å²) in [5.74, 6) is -0.0931. The third kappa shape index (κ3) is 5.82. The summed E-state index contributed by atoms with van der Waals surface area (Å²) in [6.45, 7) is 0.440. The van der Waals surface area contributed by atoms with Crippen molar-refractivity contribution in [3.8, 4) is 11.5 Å². The Kier molecular flexibility index (Phi) is 7.01. The number of aliphatic hydroxyl groups is 2. The van der Waals surface area contributed by atoms with Crippen LogP contribution in [-0.4, -0.2) is 50.7 Å². The van der Waals surface area contributed by atoms with Gasteiger partial charge in [0.2, 0.25) is 0 Å². The van der Waals surface area contributed by atoms with Crippen LogP contribution in [0.3, 0.4) is 0 Å². The molecule has 3 N–H and O–H groups in total. The normalized spacial score (nSPS) is 29.4. The van der Waals surface area contributed by atoms with Crippen LogP contribution in [0.5, 0.6) is 11.5 Å². The first-order valence-corrected chi connectivity index (χ1v) is 12.7. The molecule has 0 radical (unpaired) electrons. The molecule has 2 aliphatic rings. The number of hydrogen-bond acceptors (Lipinski definition) is 6. The second-order valence-corrected chi connectivity index (χ2v) is 11.0. The number of piperidine rings is 1. The Bertz CT molecular complexity index is 1340. The summed E-state index contributed by atoms with van der Waals surface area (Å²) in [6.07, 6.45) is -2.21. The van der Waals surface area contributed by atoms with E-state index in [-0.39, 0.29) is 54.1 Å². The van der Waals surface area contributed by atoms with E-state index in [0.29, 0.717) is 18.4 Å². The second-order valence-electron chi connectivity index (χ2n) is 11.0. The molecule has 0 spiro atoms. The largest absolute Gasteiger partial charge is 0.492 e. The number of hydrogen-bond donors (Lipinski definition) is 3. The molecule has 3 unspecified atom stereocenters. The fourth-order valence-electron chi connectivity index (χ4n) is 5.89. The van der Waals surface area contributed by atoms with E-state index in [4.69, 9.17) is 4.74 Å². The molecule has 2 aromatic carbocycles. The van der Waals surface area contributed by atoms with E-state index in [9.17, 15) is 32.2 Å². The molecule has 1 saturated carbocycles. The van der Waals surface area contributed by atoms with Gasteiger partial charge in [-0.15, -0.1) is 0 Å². The molecule has 7 nitrogen and oxygen atoms in total. The highest BCUT2D eigenvalue weighted by Gasteiger charge is 2.43. The molecule has 3 atom stereocenters. The molecule has 0 bridgehead atoms. The van der Waals surface area contributed by atoms with E-state index in [1.54, 1.807) is 13.0 Å². The summed E-state index contributed by atoms with van der Waals surface area (Å²) >= 11 is 0. The summed E-state index contributed by atoms with van der Waals surface area (Å²) < 4.78 is 79.3. The maximum atomic E-state index is 14.1. The van der Waals surface area contributed by atoms with Gasteiger partial charge >= 0.3 is 12.8 Å². The summed E-state index contributed by atoms with van der Waals surface area (Å²) in [5, 5.41) is 24.8. The molecule has 1 aliphatic carbocycles. The van der Waals surface area contributed by atoms with Crippen LogP contribution < -0.4 is 14.8 Å². The standard InChI is InChI=1S/C27H30F5N3O4/c1-15-9-26(37,16-4-3-5-19(6-16)39-24(28)29)10-17(34-15)13-38-20-7-21(27(30,31)32)23-22(8-20)33-14-35(23)18-11-25(2,36)12-18/h3-8,14-15,17-18,24,34,36-37H,9-13H2,1-2H3. The number of aromatic nitrogens is 2. The molecule has 3 aromatic rings. The first-order chi connectivity index (χ1) is 18.2. The van der Waals surface area contributed by atoms with Crippen molar-refractivity contribution < 1.29 is 41.6 Å². The average Bonchev–Trinajstić information content (AvgIpc) is 3.23. The number of fused-ring (bicyclic) bond motifs is 1. The minimum Gasteiger partial charge on any atom is -0.492 e. The highest BCUT2D eigenvalue weighted by atomic mass is 19.4. The van der Waals surface area contributed by atoms with Crippen molar-refractivity contribution in [2.24, 2.45) is 0 Å². The van der Waals surface area contributed by atoms with Crippen LogP contribution in [0, 0.1) is 0 Å². The third-order valence-electron chi connectivity index (χ3n) is 7.49. The molecular formula is C27H30F5N3O4. The Morgan fingerprint density at radius 3 is 2.51 bits per heavy atom. The van der Waals surface area contributed by atoms with Crippen LogP contribution in [0.1, 0.15) is 56.7 Å². The molecule has 1 aliphatic heterocycles. The highest BCUT2D eigenvalue weighted by molar-refractivity contribution is 5.82. The van der Waals surface area contributed by atoms with Gasteiger partial charge in [0.1, 0.15) is 18.1 Å². The number of alkyl halides is 5. The van der Waals surface area contributed by atoms with Crippen molar-refractivity contribution in [1.82, 2.24) is 14.9 Å². The van der Waals surface area contributed by atoms with E-state index in [1.807, 2.05) is 6.92 Å². The Balaban J connectivity index is 1.35. The number of halogens is 5. The van der Waals surface area contributed by atoms with Gasteiger partial charge in [-0.3, -0.25) is 0 Å². The van der Waals surface area contributed by atoms with Crippen LogP contribution >= 0.6 is 0 Å². The van der Waals surface area contributed by atoms with E-state index >= 15 is 0 Å². The Morgan fingerprint density at radius 2 is 1.85 bits per heavy atom. The van der Waals surface area contributed by atoms with Gasteiger partial charge in [0.15, 0.2) is 0 Å².